The van der Waals surface area contributed by atoms with Gasteiger partial charge in [-0.15, -0.1) is 0 Å². The van der Waals surface area contributed by atoms with Crippen molar-refractivity contribution in [2.75, 3.05) is 5.73 Å². The van der Waals surface area contributed by atoms with Gasteiger partial charge in [-0.3, -0.25) is 0 Å². The van der Waals surface area contributed by atoms with Crippen LogP contribution >= 0.6 is 39.1 Å². The summed E-state index contributed by atoms with van der Waals surface area (Å²) in [6, 6.07) is 6.28. The molecule has 6 nitrogen and oxygen atoms in total. The summed E-state index contributed by atoms with van der Waals surface area (Å²) in [5.74, 6) is -0.930. The van der Waals surface area contributed by atoms with E-state index >= 15 is 0 Å². The first kappa shape index (κ1) is 16.5. The fourth-order valence-corrected chi connectivity index (χ4v) is 2.46. The molecule has 0 radical (unpaired) electrons. The summed E-state index contributed by atoms with van der Waals surface area (Å²) in [4.78, 5) is 20.5. The van der Waals surface area contributed by atoms with Crippen LogP contribution in [0.1, 0.15) is 15.9 Å². The summed E-state index contributed by atoms with van der Waals surface area (Å²) in [5.41, 5.74) is 11.7. The monoisotopic (exact) mass is 402 g/mol. The lowest BCUT2D eigenvalue weighted by atomic mass is 10.2. The molecule has 2 rings (SSSR count). The topological polar surface area (TPSA) is 104 Å². The lowest BCUT2D eigenvalue weighted by Crippen LogP contribution is -2.17. The van der Waals surface area contributed by atoms with E-state index in [2.05, 4.69) is 26.1 Å². The van der Waals surface area contributed by atoms with Crippen molar-refractivity contribution in [2.45, 2.75) is 0 Å². The highest BCUT2D eigenvalue weighted by Crippen LogP contribution is 2.24. The molecule has 0 unspecified atom stereocenters. The lowest BCUT2D eigenvalue weighted by Gasteiger charge is -2.06. The Kier molecular flexibility index (Phi) is 5.23. The molecule has 0 amide bonds. The van der Waals surface area contributed by atoms with Crippen LogP contribution in [0.5, 0.6) is 0 Å². The minimum atomic E-state index is -0.808. The first-order chi connectivity index (χ1) is 10.4. The smallest absolute Gasteiger partial charge is 0.369 e. The molecule has 0 atom stereocenters. The van der Waals surface area contributed by atoms with Crippen LogP contribution in [0.3, 0.4) is 0 Å². The number of amidine groups is 1. The molecule has 2 aromatic rings. The Morgan fingerprint density at radius 1 is 1.32 bits per heavy atom. The van der Waals surface area contributed by atoms with Gasteiger partial charge < -0.3 is 16.3 Å². The van der Waals surface area contributed by atoms with E-state index in [9.17, 15) is 4.79 Å². The van der Waals surface area contributed by atoms with Crippen molar-refractivity contribution >= 4 is 56.8 Å². The van der Waals surface area contributed by atoms with Gasteiger partial charge in [0.1, 0.15) is 11.4 Å². The third-order valence-electron chi connectivity index (χ3n) is 2.55. The van der Waals surface area contributed by atoms with E-state index in [1.165, 1.54) is 12.3 Å². The Labute approximate surface area is 144 Å². The quantitative estimate of drug-likeness (QED) is 0.354. The molecule has 22 heavy (non-hydrogen) atoms. The average Bonchev–Trinajstić information content (AvgIpc) is 2.47. The first-order valence-corrected chi connectivity index (χ1v) is 7.35. The summed E-state index contributed by atoms with van der Waals surface area (Å²) in [6.45, 7) is 0. The molecular formula is C13H9BrCl2N4O2. The van der Waals surface area contributed by atoms with Crippen LogP contribution in [0.4, 0.5) is 5.82 Å². The normalized spacial score (nSPS) is 11.3. The van der Waals surface area contributed by atoms with Gasteiger partial charge >= 0.3 is 5.97 Å². The number of halogens is 3. The molecule has 0 fully saturated rings. The standard InChI is InChI=1S/C13H9BrCl2N4O2/c14-6-4-7(11(17)19-5-6)13(21)22-20-12(18)10-8(15)2-1-3-9(10)16/h1-5H,(H2,17,19)(H2,18,20). The molecule has 0 bridgehead atoms. The van der Waals surface area contributed by atoms with Crippen molar-refractivity contribution in [2.24, 2.45) is 10.9 Å². The molecule has 0 saturated carbocycles. The predicted molar refractivity (Wildman–Crippen MR) is 89.0 cm³/mol. The lowest BCUT2D eigenvalue weighted by molar-refractivity contribution is 0.0517. The second-order valence-corrected chi connectivity index (χ2v) is 5.77. The summed E-state index contributed by atoms with van der Waals surface area (Å²) in [7, 11) is 0. The maximum atomic E-state index is 11.9. The number of nitrogens with zero attached hydrogens (tertiary/aromatic N) is 2. The highest BCUT2D eigenvalue weighted by molar-refractivity contribution is 9.10. The largest absolute Gasteiger partial charge is 0.383 e. The number of oxime groups is 1. The van der Waals surface area contributed by atoms with Crippen LogP contribution < -0.4 is 11.5 Å². The number of hydrogen-bond donors (Lipinski definition) is 2. The number of carbonyl (C=O) groups excluding carboxylic acids is 1. The Hall–Kier alpha value is -1.83. The van der Waals surface area contributed by atoms with Crippen LogP contribution in [-0.4, -0.2) is 16.8 Å². The number of nitrogens with two attached hydrogens (primary N) is 2. The molecule has 1 aromatic heterocycles. The third-order valence-corrected chi connectivity index (χ3v) is 3.61. The zero-order valence-corrected chi connectivity index (χ0v) is 14.0. The highest BCUT2D eigenvalue weighted by Gasteiger charge is 2.15. The van der Waals surface area contributed by atoms with Crippen molar-refractivity contribution in [1.29, 1.82) is 0 Å². The number of carbonyl (C=O) groups is 1. The van der Waals surface area contributed by atoms with Gasteiger partial charge in [-0.2, -0.15) is 0 Å². The summed E-state index contributed by atoms with van der Waals surface area (Å²) in [5, 5.41) is 4.11. The van der Waals surface area contributed by atoms with E-state index in [1.807, 2.05) is 0 Å². The van der Waals surface area contributed by atoms with Gasteiger partial charge in [-0.25, -0.2) is 9.78 Å². The third kappa shape index (κ3) is 3.68. The second kappa shape index (κ2) is 6.95. The SMILES string of the molecule is N/C(=N\OC(=O)c1cc(Br)cnc1N)c1c(Cl)cccc1Cl. The number of nitrogen functional groups attached to an aromatic ring is 1. The minimum Gasteiger partial charge on any atom is -0.383 e. The number of pyridine rings is 1. The molecule has 1 aromatic carbocycles. The van der Waals surface area contributed by atoms with Crippen molar-refractivity contribution in [3.63, 3.8) is 0 Å². The molecule has 0 spiro atoms. The van der Waals surface area contributed by atoms with E-state index in [-0.39, 0.29) is 32.8 Å². The van der Waals surface area contributed by atoms with Crippen molar-refractivity contribution in [3.8, 4) is 0 Å². The van der Waals surface area contributed by atoms with Crippen LogP contribution in [0.2, 0.25) is 10.0 Å². The fourth-order valence-electron chi connectivity index (χ4n) is 1.54. The zero-order valence-electron chi connectivity index (χ0n) is 10.9. The number of anilines is 1. The van der Waals surface area contributed by atoms with Crippen LogP contribution in [0, 0.1) is 0 Å². The van der Waals surface area contributed by atoms with Crippen molar-refractivity contribution in [1.82, 2.24) is 4.98 Å². The molecular weight excluding hydrogens is 395 g/mol. The molecule has 0 saturated heterocycles. The number of benzene rings is 1. The van der Waals surface area contributed by atoms with E-state index in [0.29, 0.717) is 4.47 Å². The van der Waals surface area contributed by atoms with Crippen LogP contribution in [0.25, 0.3) is 0 Å². The maximum Gasteiger partial charge on any atom is 0.369 e. The van der Waals surface area contributed by atoms with E-state index in [1.54, 1.807) is 18.2 Å². The van der Waals surface area contributed by atoms with Crippen LogP contribution in [0.15, 0.2) is 40.1 Å². The first-order valence-electron chi connectivity index (χ1n) is 5.80. The van der Waals surface area contributed by atoms with E-state index < -0.39 is 5.97 Å². The molecule has 0 aliphatic rings. The Morgan fingerprint density at radius 3 is 2.59 bits per heavy atom. The van der Waals surface area contributed by atoms with Gasteiger partial charge in [0.25, 0.3) is 0 Å². The van der Waals surface area contributed by atoms with Gasteiger partial charge in [-0.05, 0) is 34.1 Å². The van der Waals surface area contributed by atoms with Gasteiger partial charge in [0.05, 0.1) is 15.6 Å². The van der Waals surface area contributed by atoms with E-state index in [4.69, 9.17) is 39.5 Å². The average molecular weight is 404 g/mol. The van der Waals surface area contributed by atoms with Gasteiger partial charge in [-0.1, -0.05) is 34.4 Å². The summed E-state index contributed by atoms with van der Waals surface area (Å²) >= 11 is 15.1. The second-order valence-electron chi connectivity index (χ2n) is 4.04. The summed E-state index contributed by atoms with van der Waals surface area (Å²) < 4.78 is 0.569. The Morgan fingerprint density at radius 2 is 1.95 bits per heavy atom. The maximum absolute atomic E-state index is 11.9. The number of aromatic nitrogens is 1. The van der Waals surface area contributed by atoms with Crippen LogP contribution in [-0.2, 0) is 4.84 Å². The molecule has 1 heterocycles. The van der Waals surface area contributed by atoms with Gasteiger partial charge in [0, 0.05) is 10.7 Å². The Balaban J connectivity index is 2.24. The van der Waals surface area contributed by atoms with Crippen molar-refractivity contribution in [3.05, 3.63) is 56.1 Å². The van der Waals surface area contributed by atoms with Gasteiger partial charge in [0.15, 0.2) is 5.84 Å². The summed E-state index contributed by atoms with van der Waals surface area (Å²) in [6.07, 6.45) is 1.45. The number of hydrogen-bond acceptors (Lipinski definition) is 5. The molecule has 9 heteroatoms. The van der Waals surface area contributed by atoms with Crippen molar-refractivity contribution < 1.29 is 9.63 Å². The van der Waals surface area contributed by atoms with E-state index in [0.717, 1.165) is 0 Å². The predicted octanol–water partition coefficient (Wildman–Crippen LogP) is 3.21. The molecule has 114 valence electrons. The Bertz CT molecular complexity index is 747. The highest BCUT2D eigenvalue weighted by atomic mass is 79.9. The number of rotatable bonds is 3. The molecule has 4 N–H and O–H groups in total. The zero-order chi connectivity index (χ0) is 16.3. The molecule has 0 aliphatic heterocycles. The molecule has 0 aliphatic carbocycles. The van der Waals surface area contributed by atoms with Gasteiger partial charge in [0.2, 0.25) is 0 Å². The fraction of sp³-hybridized carbons (Fsp3) is 0. The minimum absolute atomic E-state index is 0.0118.